The van der Waals surface area contributed by atoms with Crippen molar-refractivity contribution in [3.05, 3.63) is 66.0 Å². The van der Waals surface area contributed by atoms with Crippen molar-refractivity contribution in [2.75, 3.05) is 14.2 Å². The molecule has 0 fully saturated rings. The van der Waals surface area contributed by atoms with Gasteiger partial charge >= 0.3 is 0 Å². The SMILES string of the molecule is COc1ccc2ccc(OC)c(/C=N/NC(=O)c3ccncc3)c2c1. The lowest BCUT2D eigenvalue weighted by Crippen LogP contribution is -2.17. The largest absolute Gasteiger partial charge is 0.497 e. The second-order valence-corrected chi connectivity index (χ2v) is 5.20. The van der Waals surface area contributed by atoms with Crippen LogP contribution >= 0.6 is 0 Å². The molecule has 0 aliphatic heterocycles. The predicted octanol–water partition coefficient (Wildman–Crippen LogP) is 3.02. The van der Waals surface area contributed by atoms with E-state index in [1.807, 2.05) is 30.3 Å². The van der Waals surface area contributed by atoms with Crippen LogP contribution in [-0.4, -0.2) is 31.3 Å². The lowest BCUT2D eigenvalue weighted by molar-refractivity contribution is 0.0955. The van der Waals surface area contributed by atoms with Gasteiger partial charge in [0.2, 0.25) is 0 Å². The minimum atomic E-state index is -0.310. The average Bonchev–Trinajstić information content (AvgIpc) is 2.68. The van der Waals surface area contributed by atoms with E-state index in [1.165, 1.54) is 0 Å². The molecule has 0 aliphatic carbocycles. The van der Waals surface area contributed by atoms with Gasteiger partial charge in [-0.15, -0.1) is 0 Å². The van der Waals surface area contributed by atoms with Gasteiger partial charge in [-0.3, -0.25) is 9.78 Å². The number of hydrogen-bond acceptors (Lipinski definition) is 5. The molecule has 0 unspecified atom stereocenters. The van der Waals surface area contributed by atoms with E-state index in [0.29, 0.717) is 11.3 Å². The third kappa shape index (κ3) is 3.58. The molecule has 126 valence electrons. The van der Waals surface area contributed by atoms with Gasteiger partial charge < -0.3 is 9.47 Å². The van der Waals surface area contributed by atoms with E-state index in [-0.39, 0.29) is 5.91 Å². The lowest BCUT2D eigenvalue weighted by Gasteiger charge is -2.10. The number of hydrogen-bond donors (Lipinski definition) is 1. The third-order valence-corrected chi connectivity index (χ3v) is 3.75. The van der Waals surface area contributed by atoms with Crippen LogP contribution in [0.4, 0.5) is 0 Å². The molecule has 0 atom stereocenters. The minimum Gasteiger partial charge on any atom is -0.497 e. The van der Waals surface area contributed by atoms with E-state index in [2.05, 4.69) is 15.5 Å². The number of fused-ring (bicyclic) bond motifs is 1. The van der Waals surface area contributed by atoms with Gasteiger partial charge in [-0.05, 0) is 41.1 Å². The zero-order valence-corrected chi connectivity index (χ0v) is 13.9. The van der Waals surface area contributed by atoms with Crippen molar-refractivity contribution < 1.29 is 14.3 Å². The van der Waals surface area contributed by atoms with Crippen LogP contribution in [0.25, 0.3) is 10.8 Å². The Labute approximate surface area is 145 Å². The summed E-state index contributed by atoms with van der Waals surface area (Å²) < 4.78 is 10.7. The Morgan fingerprint density at radius 1 is 1.08 bits per heavy atom. The maximum Gasteiger partial charge on any atom is 0.271 e. The number of rotatable bonds is 5. The van der Waals surface area contributed by atoms with Crippen molar-refractivity contribution in [3.63, 3.8) is 0 Å². The molecule has 3 rings (SSSR count). The standard InChI is InChI=1S/C19H17N3O3/c1-24-15-5-3-13-4-6-18(25-2)17(16(13)11-15)12-21-22-19(23)14-7-9-20-10-8-14/h3-12H,1-2H3,(H,22,23)/b21-12+. The van der Waals surface area contributed by atoms with Crippen LogP contribution in [0.2, 0.25) is 0 Å². The highest BCUT2D eigenvalue weighted by molar-refractivity contribution is 6.03. The number of nitrogens with zero attached hydrogens (tertiary/aromatic N) is 2. The highest BCUT2D eigenvalue weighted by Gasteiger charge is 2.08. The summed E-state index contributed by atoms with van der Waals surface area (Å²) >= 11 is 0. The number of nitrogens with one attached hydrogen (secondary N) is 1. The van der Waals surface area contributed by atoms with Crippen molar-refractivity contribution in [2.45, 2.75) is 0 Å². The van der Waals surface area contributed by atoms with Gasteiger partial charge in [0.25, 0.3) is 5.91 Å². The van der Waals surface area contributed by atoms with Crippen LogP contribution in [0, 0.1) is 0 Å². The van der Waals surface area contributed by atoms with Crippen molar-refractivity contribution in [2.24, 2.45) is 5.10 Å². The van der Waals surface area contributed by atoms with Gasteiger partial charge in [0.15, 0.2) is 0 Å². The molecule has 0 aliphatic rings. The molecule has 1 amide bonds. The number of carbonyl (C=O) groups excluding carboxylic acids is 1. The molecule has 1 heterocycles. The molecule has 0 spiro atoms. The fourth-order valence-electron chi connectivity index (χ4n) is 2.46. The third-order valence-electron chi connectivity index (χ3n) is 3.75. The highest BCUT2D eigenvalue weighted by atomic mass is 16.5. The predicted molar refractivity (Wildman–Crippen MR) is 96.3 cm³/mol. The summed E-state index contributed by atoms with van der Waals surface area (Å²) in [4.78, 5) is 15.9. The molecule has 0 saturated carbocycles. The van der Waals surface area contributed by atoms with Crippen LogP contribution in [0.1, 0.15) is 15.9 Å². The monoisotopic (exact) mass is 335 g/mol. The second-order valence-electron chi connectivity index (χ2n) is 5.20. The molecule has 0 saturated heterocycles. The topological polar surface area (TPSA) is 72.8 Å². The molecule has 0 radical (unpaired) electrons. The first-order valence-electron chi connectivity index (χ1n) is 7.61. The first-order valence-corrected chi connectivity index (χ1v) is 7.61. The van der Waals surface area contributed by atoms with Crippen LogP contribution in [0.5, 0.6) is 11.5 Å². The average molecular weight is 335 g/mol. The maximum atomic E-state index is 12.0. The first-order chi connectivity index (χ1) is 12.2. The Hall–Kier alpha value is -3.41. The van der Waals surface area contributed by atoms with Gasteiger partial charge in [-0.2, -0.15) is 5.10 Å². The number of carbonyl (C=O) groups is 1. The molecule has 1 N–H and O–H groups in total. The molecular weight excluding hydrogens is 318 g/mol. The van der Waals surface area contributed by atoms with Crippen molar-refractivity contribution in [1.29, 1.82) is 0 Å². The number of pyridine rings is 1. The maximum absolute atomic E-state index is 12.0. The van der Waals surface area contributed by atoms with Gasteiger partial charge in [-0.25, -0.2) is 5.43 Å². The van der Waals surface area contributed by atoms with Gasteiger partial charge in [0.05, 0.1) is 20.4 Å². The normalized spacial score (nSPS) is 10.8. The molecule has 6 heteroatoms. The highest BCUT2D eigenvalue weighted by Crippen LogP contribution is 2.29. The molecule has 1 aromatic heterocycles. The Balaban J connectivity index is 1.92. The fourth-order valence-corrected chi connectivity index (χ4v) is 2.46. The first kappa shape index (κ1) is 16.4. The summed E-state index contributed by atoms with van der Waals surface area (Å²) in [6.45, 7) is 0. The second kappa shape index (κ2) is 7.44. The van der Waals surface area contributed by atoms with E-state index in [1.54, 1.807) is 45.0 Å². The number of hydrazone groups is 1. The number of aromatic nitrogens is 1. The van der Waals surface area contributed by atoms with Crippen LogP contribution in [0.15, 0.2) is 60.0 Å². The Kier molecular flexibility index (Phi) is 4.89. The zero-order valence-electron chi connectivity index (χ0n) is 13.9. The van der Waals surface area contributed by atoms with E-state index >= 15 is 0 Å². The summed E-state index contributed by atoms with van der Waals surface area (Å²) in [5.41, 5.74) is 3.75. The molecule has 0 bridgehead atoms. The smallest absolute Gasteiger partial charge is 0.271 e. The summed E-state index contributed by atoms with van der Waals surface area (Å²) in [6.07, 6.45) is 4.68. The molecular formula is C19H17N3O3. The van der Waals surface area contributed by atoms with Crippen molar-refractivity contribution in [1.82, 2.24) is 10.4 Å². The Morgan fingerprint density at radius 2 is 1.84 bits per heavy atom. The number of ether oxygens (including phenoxy) is 2. The van der Waals surface area contributed by atoms with E-state index in [4.69, 9.17) is 9.47 Å². The quantitative estimate of drug-likeness (QED) is 0.575. The van der Waals surface area contributed by atoms with Gasteiger partial charge in [-0.1, -0.05) is 12.1 Å². The summed E-state index contributed by atoms with van der Waals surface area (Å²) in [5, 5.41) is 6.00. The van der Waals surface area contributed by atoms with Gasteiger partial charge in [0, 0.05) is 23.5 Å². The van der Waals surface area contributed by atoms with Gasteiger partial charge in [0.1, 0.15) is 11.5 Å². The van der Waals surface area contributed by atoms with Crippen LogP contribution in [0.3, 0.4) is 0 Å². The van der Waals surface area contributed by atoms with Crippen LogP contribution in [-0.2, 0) is 0 Å². The van der Waals surface area contributed by atoms with E-state index < -0.39 is 0 Å². The molecule has 25 heavy (non-hydrogen) atoms. The molecule has 6 nitrogen and oxygen atoms in total. The zero-order chi connectivity index (χ0) is 17.6. The van der Waals surface area contributed by atoms with Crippen molar-refractivity contribution in [3.8, 4) is 11.5 Å². The Morgan fingerprint density at radius 3 is 2.56 bits per heavy atom. The molecule has 2 aromatic carbocycles. The van der Waals surface area contributed by atoms with E-state index in [9.17, 15) is 4.79 Å². The van der Waals surface area contributed by atoms with Crippen molar-refractivity contribution >= 4 is 22.9 Å². The number of methoxy groups -OCH3 is 2. The summed E-state index contributed by atoms with van der Waals surface area (Å²) in [7, 11) is 3.21. The lowest BCUT2D eigenvalue weighted by atomic mass is 10.0. The molecule has 3 aromatic rings. The fraction of sp³-hybridized carbons (Fsp3) is 0.105. The summed E-state index contributed by atoms with van der Waals surface area (Å²) in [5.74, 6) is 1.08. The van der Waals surface area contributed by atoms with Crippen LogP contribution < -0.4 is 14.9 Å². The minimum absolute atomic E-state index is 0.310. The summed E-state index contributed by atoms with van der Waals surface area (Å²) in [6, 6.07) is 12.8. The number of amides is 1. The number of benzene rings is 2. The van der Waals surface area contributed by atoms with E-state index in [0.717, 1.165) is 22.1 Å². The Bertz CT molecular complexity index is 919.